The van der Waals surface area contributed by atoms with Crippen LogP contribution in [0.2, 0.25) is 0 Å². The lowest BCUT2D eigenvalue weighted by molar-refractivity contribution is -0.148. The molecule has 0 fully saturated rings. The first-order valence-corrected chi connectivity index (χ1v) is 7.08. The normalized spacial score (nSPS) is 15.8. The van der Waals surface area contributed by atoms with Crippen molar-refractivity contribution in [1.29, 1.82) is 0 Å². The van der Waals surface area contributed by atoms with E-state index in [0.29, 0.717) is 0 Å². The van der Waals surface area contributed by atoms with Crippen LogP contribution >= 0.6 is 0 Å². The second-order valence-corrected chi connectivity index (χ2v) is 5.13. The van der Waals surface area contributed by atoms with Crippen molar-refractivity contribution in [2.24, 2.45) is 11.7 Å². The van der Waals surface area contributed by atoms with Gasteiger partial charge in [-0.05, 0) is 24.8 Å². The monoisotopic (exact) mass is 293 g/mol. The Hall–Kier alpha value is -1.88. The fourth-order valence-electron chi connectivity index (χ4n) is 1.86. The Bertz CT molecular complexity index is 503. The first-order chi connectivity index (χ1) is 10.3. The van der Waals surface area contributed by atoms with Crippen LogP contribution in [-0.4, -0.2) is 30.5 Å². The molecule has 21 heavy (non-hydrogen) atoms. The topological polar surface area (TPSA) is 81.4 Å². The molecule has 0 aliphatic heterocycles. The van der Waals surface area contributed by atoms with Crippen molar-refractivity contribution in [1.82, 2.24) is 5.32 Å². The van der Waals surface area contributed by atoms with Gasteiger partial charge < -0.3 is 15.8 Å². The van der Waals surface area contributed by atoms with E-state index in [1.165, 1.54) is 0 Å². The molecule has 0 heterocycles. The maximum absolute atomic E-state index is 12.3. The van der Waals surface area contributed by atoms with Gasteiger partial charge in [0.1, 0.15) is 6.04 Å². The molecule has 1 rings (SSSR count). The summed E-state index contributed by atoms with van der Waals surface area (Å²) in [4.78, 5) is 24.1. The molecule has 0 saturated heterocycles. The van der Waals surface area contributed by atoms with E-state index in [4.69, 9.17) is 11.8 Å². The molecule has 0 unspecified atom stereocenters. The zero-order chi connectivity index (χ0) is 16.8. The Morgan fingerprint density at radius 3 is 2.48 bits per heavy atom. The minimum absolute atomic E-state index is 0.0628. The van der Waals surface area contributed by atoms with Crippen LogP contribution in [0.15, 0.2) is 30.3 Å². The minimum Gasteiger partial charge on any atom is -0.464 e. The third-order valence-electron chi connectivity index (χ3n) is 3.02. The van der Waals surface area contributed by atoms with Gasteiger partial charge in [0.2, 0.25) is 5.91 Å². The van der Waals surface area contributed by atoms with Gasteiger partial charge >= 0.3 is 5.97 Å². The van der Waals surface area contributed by atoms with Gasteiger partial charge in [0.15, 0.2) is 0 Å². The van der Waals surface area contributed by atoms with E-state index in [1.807, 2.05) is 18.2 Å². The quantitative estimate of drug-likeness (QED) is 0.742. The number of amides is 1. The standard InChI is InChI=1S/C16H24N2O3/c1-4-21-16(20)14(11(2)3)18-15(19)13(17)10-12-8-6-5-7-9-12/h5-9,11,13-14H,4,10,17H2,1-3H3,(H,18,19)/t13-,14+/m1/s1/i13D. The van der Waals surface area contributed by atoms with Crippen LogP contribution in [0.4, 0.5) is 0 Å². The van der Waals surface area contributed by atoms with E-state index in [0.717, 1.165) is 5.56 Å². The van der Waals surface area contributed by atoms with E-state index < -0.39 is 23.9 Å². The van der Waals surface area contributed by atoms with Crippen LogP contribution in [0.5, 0.6) is 0 Å². The lowest BCUT2D eigenvalue weighted by Gasteiger charge is -2.22. The smallest absolute Gasteiger partial charge is 0.328 e. The number of nitrogens with one attached hydrogen (secondary N) is 1. The summed E-state index contributed by atoms with van der Waals surface area (Å²) >= 11 is 0. The molecule has 0 radical (unpaired) electrons. The van der Waals surface area contributed by atoms with E-state index in [-0.39, 0.29) is 18.9 Å². The first-order valence-electron chi connectivity index (χ1n) is 7.58. The summed E-state index contributed by atoms with van der Waals surface area (Å²) in [5.74, 6) is -1.36. The summed E-state index contributed by atoms with van der Waals surface area (Å²) in [7, 11) is 0. The number of nitrogens with two attached hydrogens (primary N) is 1. The highest BCUT2D eigenvalue weighted by atomic mass is 16.5. The first kappa shape index (κ1) is 15.5. The van der Waals surface area contributed by atoms with E-state index in [1.54, 1.807) is 32.9 Å². The van der Waals surface area contributed by atoms with Crippen LogP contribution in [0.3, 0.4) is 0 Å². The molecule has 0 aromatic heterocycles. The molecular formula is C16H24N2O3. The van der Waals surface area contributed by atoms with Gasteiger partial charge in [0, 0.05) is 0 Å². The lowest BCUT2D eigenvalue weighted by atomic mass is 10.0. The molecule has 0 aliphatic rings. The lowest BCUT2D eigenvalue weighted by Crippen LogP contribution is -2.51. The van der Waals surface area contributed by atoms with Crippen molar-refractivity contribution in [3.63, 3.8) is 0 Å². The Morgan fingerprint density at radius 1 is 1.33 bits per heavy atom. The zero-order valence-corrected chi connectivity index (χ0v) is 12.8. The van der Waals surface area contributed by atoms with Crippen LogP contribution in [0.1, 0.15) is 27.7 Å². The molecule has 116 valence electrons. The average Bonchev–Trinajstić information content (AvgIpc) is 2.44. The molecule has 0 bridgehead atoms. The van der Waals surface area contributed by atoms with Crippen molar-refractivity contribution in [2.75, 3.05) is 6.61 Å². The highest BCUT2D eigenvalue weighted by molar-refractivity contribution is 5.87. The van der Waals surface area contributed by atoms with Crippen molar-refractivity contribution < 1.29 is 15.7 Å². The van der Waals surface area contributed by atoms with Gasteiger partial charge in [-0.25, -0.2) is 4.79 Å². The fourth-order valence-corrected chi connectivity index (χ4v) is 1.86. The Morgan fingerprint density at radius 2 is 1.95 bits per heavy atom. The Labute approximate surface area is 127 Å². The molecule has 3 N–H and O–H groups in total. The van der Waals surface area contributed by atoms with E-state index in [9.17, 15) is 9.59 Å². The molecule has 1 aromatic rings. The van der Waals surface area contributed by atoms with Crippen molar-refractivity contribution in [3.05, 3.63) is 35.9 Å². The predicted octanol–water partition coefficient (Wildman–Crippen LogP) is 1.26. The highest BCUT2D eigenvalue weighted by Crippen LogP contribution is 2.06. The maximum Gasteiger partial charge on any atom is 0.328 e. The second-order valence-electron chi connectivity index (χ2n) is 5.13. The number of hydrogen-bond donors (Lipinski definition) is 2. The summed E-state index contributed by atoms with van der Waals surface area (Å²) in [5.41, 5.74) is 6.60. The van der Waals surface area contributed by atoms with Crippen LogP contribution in [0, 0.1) is 5.92 Å². The van der Waals surface area contributed by atoms with Crippen molar-refractivity contribution >= 4 is 11.9 Å². The number of carbonyl (C=O) groups excluding carboxylic acids is 2. The van der Waals surface area contributed by atoms with Crippen molar-refractivity contribution in [3.8, 4) is 0 Å². The molecule has 1 amide bonds. The van der Waals surface area contributed by atoms with Crippen LogP contribution < -0.4 is 11.1 Å². The second kappa shape index (κ2) is 8.42. The Kier molecular flexibility index (Phi) is 6.22. The summed E-state index contributed by atoms with van der Waals surface area (Å²) in [6, 6.07) is 6.43. The number of benzene rings is 1. The molecule has 5 heteroatoms. The highest BCUT2D eigenvalue weighted by Gasteiger charge is 2.27. The molecule has 1 aromatic carbocycles. The largest absolute Gasteiger partial charge is 0.464 e. The molecule has 0 spiro atoms. The van der Waals surface area contributed by atoms with Crippen LogP contribution in [-0.2, 0) is 20.7 Å². The third-order valence-corrected chi connectivity index (χ3v) is 3.02. The van der Waals surface area contributed by atoms with Crippen molar-refractivity contribution in [2.45, 2.75) is 39.3 Å². The molecule has 0 aliphatic carbocycles. The van der Waals surface area contributed by atoms with Gasteiger partial charge in [0.25, 0.3) is 0 Å². The van der Waals surface area contributed by atoms with E-state index in [2.05, 4.69) is 5.32 Å². The summed E-state index contributed by atoms with van der Waals surface area (Å²) < 4.78 is 13.0. The summed E-state index contributed by atoms with van der Waals surface area (Å²) in [6.45, 7) is 5.52. The van der Waals surface area contributed by atoms with Gasteiger partial charge in [-0.3, -0.25) is 4.79 Å². The summed E-state index contributed by atoms with van der Waals surface area (Å²) in [5, 5.41) is 2.54. The number of ether oxygens (including phenoxy) is 1. The molecule has 0 saturated carbocycles. The summed E-state index contributed by atoms with van der Waals surface area (Å²) in [6.07, 6.45) is 0.0628. The zero-order valence-electron chi connectivity index (χ0n) is 13.8. The number of rotatable bonds is 7. The number of hydrogen-bond acceptors (Lipinski definition) is 4. The third kappa shape index (κ3) is 5.55. The van der Waals surface area contributed by atoms with Crippen LogP contribution in [0.25, 0.3) is 0 Å². The maximum atomic E-state index is 12.3. The molecular weight excluding hydrogens is 268 g/mol. The molecule has 2 atom stereocenters. The predicted molar refractivity (Wildman–Crippen MR) is 81.5 cm³/mol. The number of carbonyl (C=O) groups is 2. The average molecular weight is 293 g/mol. The van der Waals surface area contributed by atoms with E-state index >= 15 is 0 Å². The fraction of sp³-hybridized carbons (Fsp3) is 0.500. The minimum atomic E-state index is -1.85. The SMILES string of the molecule is [2H][C@@](N)(Cc1ccccc1)C(=O)N[C@H](C(=O)OCC)C(C)C. The van der Waals surface area contributed by atoms with Gasteiger partial charge in [-0.1, -0.05) is 44.2 Å². The number of esters is 1. The Balaban J connectivity index is 2.77. The van der Waals surface area contributed by atoms with Gasteiger partial charge in [0.05, 0.1) is 14.0 Å². The van der Waals surface area contributed by atoms with Gasteiger partial charge in [-0.2, -0.15) is 0 Å². The van der Waals surface area contributed by atoms with Gasteiger partial charge in [-0.15, -0.1) is 0 Å². The molecule has 5 nitrogen and oxygen atoms in total.